The van der Waals surface area contributed by atoms with Crippen LogP contribution in [0, 0.1) is 0 Å². The average Bonchev–Trinajstić information content (AvgIpc) is 2.62. The number of Topliss-reactive ketones (excluding diaryl/α,β-unsaturated/α-hetero) is 1. The summed E-state index contributed by atoms with van der Waals surface area (Å²) in [6, 6.07) is 0. The van der Waals surface area contributed by atoms with Crippen LogP contribution in [0.25, 0.3) is 0 Å². The third kappa shape index (κ3) is 11.5. The molecule has 0 aromatic heterocycles. The SMILES string of the molecule is O=C(O)CN1CCN(CC(=O)CO)CCN(CC(=O)O)CC[NH+](CC(=O)O)CC1. The van der Waals surface area contributed by atoms with Gasteiger partial charge in [-0.25, -0.2) is 4.79 Å². The summed E-state index contributed by atoms with van der Waals surface area (Å²) in [6.07, 6.45) is 0. The zero-order chi connectivity index (χ0) is 21.8. The summed E-state index contributed by atoms with van der Waals surface area (Å²) >= 11 is 0. The molecule has 29 heavy (non-hydrogen) atoms. The number of carboxylic acids is 3. The Morgan fingerprint density at radius 2 is 1.07 bits per heavy atom. The van der Waals surface area contributed by atoms with Crippen molar-refractivity contribution in [2.75, 3.05) is 85.1 Å². The fraction of sp³-hybridized carbons (Fsp3) is 0.765. The highest BCUT2D eigenvalue weighted by Crippen LogP contribution is 1.97. The molecule has 0 unspecified atom stereocenters. The largest absolute Gasteiger partial charge is 0.480 e. The molecule has 0 spiro atoms. The van der Waals surface area contributed by atoms with Crippen LogP contribution in [-0.2, 0) is 19.2 Å². The monoisotopic (exact) mass is 419 g/mol. The Labute approximate surface area is 168 Å². The van der Waals surface area contributed by atoms with Crippen LogP contribution < -0.4 is 4.90 Å². The third-order valence-electron chi connectivity index (χ3n) is 4.72. The number of quaternary nitrogens is 1. The maximum absolute atomic E-state index is 11.7. The number of ketones is 1. The van der Waals surface area contributed by atoms with Gasteiger partial charge in [0, 0.05) is 39.3 Å². The first-order chi connectivity index (χ1) is 13.7. The Morgan fingerprint density at radius 3 is 1.41 bits per heavy atom. The number of aliphatic hydroxyl groups is 1. The van der Waals surface area contributed by atoms with Crippen LogP contribution in [0.2, 0.25) is 0 Å². The second-order valence-corrected chi connectivity index (χ2v) is 7.13. The maximum atomic E-state index is 11.7. The van der Waals surface area contributed by atoms with Gasteiger partial charge in [-0.3, -0.25) is 29.1 Å². The van der Waals surface area contributed by atoms with Crippen molar-refractivity contribution in [1.29, 1.82) is 0 Å². The van der Waals surface area contributed by atoms with Crippen molar-refractivity contribution in [3.8, 4) is 0 Å². The molecule has 1 rings (SSSR count). The molecule has 0 aliphatic carbocycles. The molecule has 1 fully saturated rings. The molecule has 5 N–H and O–H groups in total. The Balaban J connectivity index is 2.92. The molecule has 0 aromatic rings. The average molecular weight is 419 g/mol. The molecule has 12 nitrogen and oxygen atoms in total. The van der Waals surface area contributed by atoms with Gasteiger partial charge in [0.1, 0.15) is 6.61 Å². The number of aliphatic carboxylic acids is 3. The first-order valence-electron chi connectivity index (χ1n) is 9.48. The van der Waals surface area contributed by atoms with E-state index in [9.17, 15) is 19.2 Å². The number of nitrogens with one attached hydrogen (secondary N) is 1. The highest BCUT2D eigenvalue weighted by Gasteiger charge is 2.22. The van der Waals surface area contributed by atoms with Crippen LogP contribution in [0.1, 0.15) is 0 Å². The van der Waals surface area contributed by atoms with Gasteiger partial charge < -0.3 is 25.3 Å². The summed E-state index contributed by atoms with van der Waals surface area (Å²) in [7, 11) is 0. The van der Waals surface area contributed by atoms with Gasteiger partial charge in [0.15, 0.2) is 12.3 Å². The minimum Gasteiger partial charge on any atom is -0.480 e. The lowest BCUT2D eigenvalue weighted by Crippen LogP contribution is -3.14. The van der Waals surface area contributed by atoms with Crippen LogP contribution >= 0.6 is 0 Å². The van der Waals surface area contributed by atoms with Gasteiger partial charge >= 0.3 is 17.9 Å². The summed E-state index contributed by atoms with van der Waals surface area (Å²) in [5.74, 6) is -3.34. The van der Waals surface area contributed by atoms with Gasteiger partial charge in [-0.2, -0.15) is 0 Å². The zero-order valence-corrected chi connectivity index (χ0v) is 16.5. The fourth-order valence-electron chi connectivity index (χ4n) is 3.21. The van der Waals surface area contributed by atoms with Crippen LogP contribution in [-0.4, -0.2) is 144 Å². The Kier molecular flexibility index (Phi) is 11.3. The molecule has 1 saturated heterocycles. The molecular weight excluding hydrogens is 388 g/mol. The number of carboxylic acid groups (broad SMARTS) is 3. The van der Waals surface area contributed by atoms with E-state index < -0.39 is 24.5 Å². The van der Waals surface area contributed by atoms with Crippen LogP contribution in [0.4, 0.5) is 0 Å². The van der Waals surface area contributed by atoms with E-state index in [2.05, 4.69) is 0 Å². The number of carbonyl (C=O) groups is 4. The van der Waals surface area contributed by atoms with Gasteiger partial charge in [-0.1, -0.05) is 0 Å². The van der Waals surface area contributed by atoms with Crippen molar-refractivity contribution < 1.29 is 44.5 Å². The normalized spacial score (nSPS) is 19.2. The van der Waals surface area contributed by atoms with Crippen molar-refractivity contribution >= 4 is 23.7 Å². The first kappa shape index (κ1) is 24.9. The van der Waals surface area contributed by atoms with Crippen molar-refractivity contribution in [3.63, 3.8) is 0 Å². The number of carbonyl (C=O) groups excluding carboxylic acids is 1. The molecule has 0 saturated carbocycles. The van der Waals surface area contributed by atoms with Gasteiger partial charge in [-0.15, -0.1) is 0 Å². The standard InChI is InChI=1S/C17H30N4O8/c22-13-14(23)9-18-1-3-19(10-15(24)25)5-7-21(12-17(28)29)8-6-20(4-2-18)11-16(26)27/h22H,1-13H2,(H,24,25)(H,26,27)(H,28,29)/p+1. The van der Waals surface area contributed by atoms with Crippen LogP contribution in [0.5, 0.6) is 0 Å². The molecular formula is C17H31N4O8+. The van der Waals surface area contributed by atoms with Gasteiger partial charge in [-0.05, 0) is 0 Å². The highest BCUT2D eigenvalue weighted by molar-refractivity contribution is 5.81. The van der Waals surface area contributed by atoms with Crippen molar-refractivity contribution in [3.05, 3.63) is 0 Å². The maximum Gasteiger partial charge on any atom is 0.359 e. The Hall–Kier alpha value is -2.12. The second kappa shape index (κ2) is 13.2. The minimum atomic E-state index is -0.998. The molecule has 1 aliphatic rings. The summed E-state index contributed by atoms with van der Waals surface area (Å²) < 4.78 is 0. The summed E-state index contributed by atoms with van der Waals surface area (Å²) in [5, 5.41) is 36.4. The lowest BCUT2D eigenvalue weighted by Gasteiger charge is -2.31. The van der Waals surface area contributed by atoms with E-state index in [1.54, 1.807) is 14.7 Å². The topological polar surface area (TPSA) is 163 Å². The van der Waals surface area contributed by atoms with E-state index in [1.807, 2.05) is 0 Å². The van der Waals surface area contributed by atoms with Crippen LogP contribution in [0.3, 0.4) is 0 Å². The molecule has 1 aliphatic heterocycles. The van der Waals surface area contributed by atoms with E-state index in [-0.39, 0.29) is 32.0 Å². The number of nitrogens with zero attached hydrogens (tertiary/aromatic N) is 3. The molecule has 1 heterocycles. The molecule has 12 heteroatoms. The lowest BCUT2D eigenvalue weighted by molar-refractivity contribution is -0.891. The van der Waals surface area contributed by atoms with E-state index >= 15 is 0 Å². The molecule has 166 valence electrons. The Bertz CT molecular complexity index is 542. The minimum absolute atomic E-state index is 0.00525. The molecule has 0 atom stereocenters. The predicted octanol–water partition coefficient (Wildman–Crippen LogP) is -4.39. The summed E-state index contributed by atoms with van der Waals surface area (Å²) in [6.45, 7) is 1.81. The predicted molar refractivity (Wildman–Crippen MR) is 99.9 cm³/mol. The van der Waals surface area contributed by atoms with E-state index in [0.717, 1.165) is 4.90 Å². The Morgan fingerprint density at radius 1 is 0.655 bits per heavy atom. The van der Waals surface area contributed by atoms with E-state index in [4.69, 9.17) is 20.4 Å². The number of aliphatic hydroxyl groups excluding tert-OH is 1. The van der Waals surface area contributed by atoms with Gasteiger partial charge in [0.25, 0.3) is 0 Å². The first-order valence-corrected chi connectivity index (χ1v) is 9.48. The smallest absolute Gasteiger partial charge is 0.359 e. The van der Waals surface area contributed by atoms with E-state index in [1.165, 1.54) is 0 Å². The quantitative estimate of drug-likeness (QED) is 0.245. The fourth-order valence-corrected chi connectivity index (χ4v) is 3.21. The third-order valence-corrected chi connectivity index (χ3v) is 4.72. The summed E-state index contributed by atoms with van der Waals surface area (Å²) in [5.41, 5.74) is 0. The number of rotatable bonds is 9. The lowest BCUT2D eigenvalue weighted by atomic mass is 10.3. The van der Waals surface area contributed by atoms with Crippen molar-refractivity contribution in [1.82, 2.24) is 14.7 Å². The van der Waals surface area contributed by atoms with Crippen molar-refractivity contribution in [2.45, 2.75) is 0 Å². The molecule has 0 bridgehead atoms. The molecule has 0 amide bonds. The van der Waals surface area contributed by atoms with Gasteiger partial charge in [0.05, 0.1) is 32.7 Å². The highest BCUT2D eigenvalue weighted by atomic mass is 16.4. The number of hydrogen-bond donors (Lipinski definition) is 5. The van der Waals surface area contributed by atoms with Crippen molar-refractivity contribution in [2.24, 2.45) is 0 Å². The number of hydrogen-bond acceptors (Lipinski definition) is 8. The molecule has 0 radical (unpaired) electrons. The zero-order valence-electron chi connectivity index (χ0n) is 16.5. The van der Waals surface area contributed by atoms with Crippen LogP contribution in [0.15, 0.2) is 0 Å². The summed E-state index contributed by atoms with van der Waals surface area (Å²) in [4.78, 5) is 51.0. The molecule has 0 aromatic carbocycles. The second-order valence-electron chi connectivity index (χ2n) is 7.13. The van der Waals surface area contributed by atoms with Gasteiger partial charge in [0.2, 0.25) is 0 Å². The van der Waals surface area contributed by atoms with E-state index in [0.29, 0.717) is 52.4 Å².